The van der Waals surface area contributed by atoms with E-state index in [1.807, 2.05) is 13.0 Å². The van der Waals surface area contributed by atoms with E-state index in [0.717, 1.165) is 23.1 Å². The third kappa shape index (κ3) is 2.43. The predicted molar refractivity (Wildman–Crippen MR) is 73.0 cm³/mol. The molecule has 0 bridgehead atoms. The Kier molecular flexibility index (Phi) is 3.47. The van der Waals surface area contributed by atoms with Crippen molar-refractivity contribution in [3.8, 4) is 11.1 Å². The van der Waals surface area contributed by atoms with Crippen LogP contribution in [0.25, 0.3) is 11.1 Å². The van der Waals surface area contributed by atoms with Gasteiger partial charge in [0.05, 0.1) is 5.56 Å². The summed E-state index contributed by atoms with van der Waals surface area (Å²) in [5, 5.41) is 8.94. The molecule has 0 aliphatic rings. The Labute approximate surface area is 107 Å². The van der Waals surface area contributed by atoms with Crippen LogP contribution < -0.4 is 0 Å². The zero-order valence-corrected chi connectivity index (χ0v) is 10.6. The number of rotatable bonds is 3. The van der Waals surface area contributed by atoms with Gasteiger partial charge in [0.25, 0.3) is 0 Å². The largest absolute Gasteiger partial charge is 0.478 e. The van der Waals surface area contributed by atoms with Crippen LogP contribution in [0.1, 0.15) is 28.4 Å². The van der Waals surface area contributed by atoms with Gasteiger partial charge >= 0.3 is 5.97 Å². The number of carboxylic acid groups (broad SMARTS) is 1. The van der Waals surface area contributed by atoms with Crippen molar-refractivity contribution in [1.82, 2.24) is 0 Å². The molecule has 2 aromatic rings. The minimum absolute atomic E-state index is 0.335. The first-order valence-electron chi connectivity index (χ1n) is 6.05. The number of carbonyl (C=O) groups is 1. The molecule has 0 amide bonds. The van der Waals surface area contributed by atoms with Crippen molar-refractivity contribution >= 4 is 5.97 Å². The molecule has 0 unspecified atom stereocenters. The topological polar surface area (TPSA) is 37.3 Å². The molecule has 0 aliphatic carbocycles. The maximum absolute atomic E-state index is 10.9. The molecule has 2 rings (SSSR count). The minimum Gasteiger partial charge on any atom is -0.478 e. The van der Waals surface area contributed by atoms with Crippen LogP contribution >= 0.6 is 0 Å². The number of benzene rings is 2. The molecule has 2 aromatic carbocycles. The summed E-state index contributed by atoms with van der Waals surface area (Å²) in [5.74, 6) is -0.883. The van der Waals surface area contributed by atoms with Gasteiger partial charge in [0.2, 0.25) is 0 Å². The van der Waals surface area contributed by atoms with Crippen molar-refractivity contribution in [2.24, 2.45) is 0 Å². The van der Waals surface area contributed by atoms with Gasteiger partial charge < -0.3 is 5.11 Å². The summed E-state index contributed by atoms with van der Waals surface area (Å²) in [6, 6.07) is 13.6. The van der Waals surface area contributed by atoms with Gasteiger partial charge in [-0.1, -0.05) is 37.3 Å². The molecule has 92 valence electrons. The number of carboxylic acids is 1. The quantitative estimate of drug-likeness (QED) is 0.882. The lowest BCUT2D eigenvalue weighted by molar-refractivity contribution is 0.0697. The summed E-state index contributed by atoms with van der Waals surface area (Å²) < 4.78 is 0. The molecule has 2 nitrogen and oxygen atoms in total. The summed E-state index contributed by atoms with van der Waals surface area (Å²) in [7, 11) is 0. The second-order valence-electron chi connectivity index (χ2n) is 4.39. The van der Waals surface area contributed by atoms with Gasteiger partial charge in [-0.05, 0) is 47.7 Å². The van der Waals surface area contributed by atoms with Crippen molar-refractivity contribution in [3.05, 3.63) is 59.2 Å². The number of hydrogen-bond acceptors (Lipinski definition) is 1. The SMILES string of the molecule is CCc1ccc(-c2ccc(C(=O)O)cc2C)cc1. The van der Waals surface area contributed by atoms with Crippen molar-refractivity contribution in [2.45, 2.75) is 20.3 Å². The Bertz CT molecular complexity index is 568. The molecule has 18 heavy (non-hydrogen) atoms. The van der Waals surface area contributed by atoms with Crippen molar-refractivity contribution in [2.75, 3.05) is 0 Å². The van der Waals surface area contributed by atoms with E-state index in [1.54, 1.807) is 12.1 Å². The van der Waals surface area contributed by atoms with E-state index >= 15 is 0 Å². The van der Waals surface area contributed by atoms with E-state index in [1.165, 1.54) is 5.56 Å². The number of aryl methyl sites for hydroxylation is 2. The van der Waals surface area contributed by atoms with Crippen LogP contribution in [0.4, 0.5) is 0 Å². The smallest absolute Gasteiger partial charge is 0.335 e. The first kappa shape index (κ1) is 12.4. The molecule has 0 spiro atoms. The monoisotopic (exact) mass is 240 g/mol. The van der Waals surface area contributed by atoms with Crippen LogP contribution in [-0.4, -0.2) is 11.1 Å². The van der Waals surface area contributed by atoms with Crippen molar-refractivity contribution in [1.29, 1.82) is 0 Å². The third-order valence-corrected chi connectivity index (χ3v) is 3.15. The molecule has 0 aliphatic heterocycles. The molecule has 0 aromatic heterocycles. The van der Waals surface area contributed by atoms with Gasteiger partial charge in [0.1, 0.15) is 0 Å². The first-order chi connectivity index (χ1) is 8.61. The second-order valence-corrected chi connectivity index (χ2v) is 4.39. The fourth-order valence-corrected chi connectivity index (χ4v) is 2.04. The van der Waals surface area contributed by atoms with E-state index in [-0.39, 0.29) is 0 Å². The molecule has 0 atom stereocenters. The zero-order valence-electron chi connectivity index (χ0n) is 10.6. The Balaban J connectivity index is 2.41. The molecule has 1 N–H and O–H groups in total. The Morgan fingerprint density at radius 3 is 2.28 bits per heavy atom. The highest BCUT2D eigenvalue weighted by molar-refractivity contribution is 5.89. The highest BCUT2D eigenvalue weighted by Crippen LogP contribution is 2.24. The van der Waals surface area contributed by atoms with Crippen LogP contribution in [0.2, 0.25) is 0 Å². The van der Waals surface area contributed by atoms with Crippen molar-refractivity contribution in [3.63, 3.8) is 0 Å². The average molecular weight is 240 g/mol. The van der Waals surface area contributed by atoms with Crippen LogP contribution in [0, 0.1) is 6.92 Å². The molecule has 0 saturated carbocycles. The van der Waals surface area contributed by atoms with E-state index < -0.39 is 5.97 Å². The third-order valence-electron chi connectivity index (χ3n) is 3.15. The van der Waals surface area contributed by atoms with Gasteiger partial charge in [0.15, 0.2) is 0 Å². The lowest BCUT2D eigenvalue weighted by Crippen LogP contribution is -1.97. The standard InChI is InChI=1S/C16H16O2/c1-3-12-4-6-13(7-5-12)15-9-8-14(16(17)18)10-11(15)2/h4-10H,3H2,1-2H3,(H,17,18). The molecule has 0 heterocycles. The molecule has 2 heteroatoms. The lowest BCUT2D eigenvalue weighted by Gasteiger charge is -2.08. The highest BCUT2D eigenvalue weighted by atomic mass is 16.4. The molecule has 0 fully saturated rings. The average Bonchev–Trinajstić information content (AvgIpc) is 2.38. The fraction of sp³-hybridized carbons (Fsp3) is 0.188. The van der Waals surface area contributed by atoms with Gasteiger partial charge in [-0.3, -0.25) is 0 Å². The van der Waals surface area contributed by atoms with Crippen molar-refractivity contribution < 1.29 is 9.90 Å². The lowest BCUT2D eigenvalue weighted by atomic mass is 9.97. The van der Waals surface area contributed by atoms with E-state index in [4.69, 9.17) is 5.11 Å². The summed E-state index contributed by atoms with van der Waals surface area (Å²) in [5.41, 5.74) is 4.84. The van der Waals surface area contributed by atoms with Gasteiger partial charge in [-0.15, -0.1) is 0 Å². The Morgan fingerprint density at radius 1 is 1.11 bits per heavy atom. The molecular formula is C16H16O2. The summed E-state index contributed by atoms with van der Waals surface area (Å²) >= 11 is 0. The first-order valence-corrected chi connectivity index (χ1v) is 6.05. The normalized spacial score (nSPS) is 10.3. The predicted octanol–water partition coefficient (Wildman–Crippen LogP) is 3.92. The molecular weight excluding hydrogens is 224 g/mol. The van der Waals surface area contributed by atoms with Gasteiger partial charge in [-0.2, -0.15) is 0 Å². The fourth-order valence-electron chi connectivity index (χ4n) is 2.04. The minimum atomic E-state index is -0.883. The molecule has 0 saturated heterocycles. The summed E-state index contributed by atoms with van der Waals surface area (Å²) in [4.78, 5) is 10.9. The molecule has 0 radical (unpaired) electrons. The number of hydrogen-bond donors (Lipinski definition) is 1. The summed E-state index contributed by atoms with van der Waals surface area (Å²) in [6.45, 7) is 4.07. The van der Waals surface area contributed by atoms with Gasteiger partial charge in [0, 0.05) is 0 Å². The van der Waals surface area contributed by atoms with Crippen LogP contribution in [0.5, 0.6) is 0 Å². The maximum Gasteiger partial charge on any atom is 0.335 e. The summed E-state index contributed by atoms with van der Waals surface area (Å²) in [6.07, 6.45) is 1.03. The van der Waals surface area contributed by atoms with Crippen LogP contribution in [-0.2, 0) is 6.42 Å². The second kappa shape index (κ2) is 5.05. The Morgan fingerprint density at radius 2 is 1.78 bits per heavy atom. The van der Waals surface area contributed by atoms with E-state index in [2.05, 4.69) is 31.2 Å². The van der Waals surface area contributed by atoms with Gasteiger partial charge in [-0.25, -0.2) is 4.79 Å². The highest BCUT2D eigenvalue weighted by Gasteiger charge is 2.07. The van der Waals surface area contributed by atoms with Crippen LogP contribution in [0.15, 0.2) is 42.5 Å². The Hall–Kier alpha value is -2.09. The zero-order chi connectivity index (χ0) is 13.1. The number of aromatic carboxylic acids is 1. The van der Waals surface area contributed by atoms with Crippen LogP contribution in [0.3, 0.4) is 0 Å². The maximum atomic E-state index is 10.9. The van der Waals surface area contributed by atoms with E-state index in [0.29, 0.717) is 5.56 Å². The van der Waals surface area contributed by atoms with E-state index in [9.17, 15) is 4.79 Å².